The average Bonchev–Trinajstić information content (AvgIpc) is 2.67. The fourth-order valence-corrected chi connectivity index (χ4v) is 2.55. The van der Waals surface area contributed by atoms with Crippen LogP contribution in [0.4, 0.5) is 0 Å². The first kappa shape index (κ1) is 15.8. The van der Waals surface area contributed by atoms with Gasteiger partial charge in [-0.05, 0) is 23.3 Å². The number of carbonyl (C=O) groups is 1. The minimum absolute atomic E-state index is 0.0631. The monoisotopic (exact) mass is 318 g/mol. The Hall–Kier alpha value is -3.07. The first-order valence-corrected chi connectivity index (χ1v) is 7.64. The normalized spacial score (nSPS) is 10.2. The lowest BCUT2D eigenvalue weighted by Crippen LogP contribution is -2.02. The fourth-order valence-electron chi connectivity index (χ4n) is 2.55. The van der Waals surface area contributed by atoms with Gasteiger partial charge in [0, 0.05) is 17.2 Å². The Morgan fingerprint density at radius 3 is 1.75 bits per heavy atom. The summed E-state index contributed by atoms with van der Waals surface area (Å²) in [4.78, 5) is 12.7. The van der Waals surface area contributed by atoms with Crippen LogP contribution >= 0.6 is 0 Å². The zero-order valence-electron chi connectivity index (χ0n) is 13.7. The minimum atomic E-state index is -0.0631. The average molecular weight is 318 g/mol. The zero-order valence-corrected chi connectivity index (χ0v) is 13.7. The number of carbonyl (C=O) groups excluding carboxylic acids is 1. The summed E-state index contributed by atoms with van der Waals surface area (Å²) in [5.74, 6) is 1.13. The van der Waals surface area contributed by atoms with Crippen LogP contribution in [0.15, 0.2) is 72.8 Å². The van der Waals surface area contributed by atoms with E-state index in [0.717, 1.165) is 11.1 Å². The molecule has 0 unspecified atom stereocenters. The van der Waals surface area contributed by atoms with Crippen LogP contribution in [-0.4, -0.2) is 20.0 Å². The molecule has 3 aromatic rings. The molecule has 0 spiro atoms. The lowest BCUT2D eigenvalue weighted by Gasteiger charge is -2.08. The highest BCUT2D eigenvalue weighted by Crippen LogP contribution is 2.25. The highest BCUT2D eigenvalue weighted by molar-refractivity contribution is 6.09. The first-order valence-electron chi connectivity index (χ1n) is 7.64. The highest BCUT2D eigenvalue weighted by atomic mass is 16.5. The van der Waals surface area contributed by atoms with Gasteiger partial charge in [0.1, 0.15) is 11.5 Å². The Kier molecular flexibility index (Phi) is 4.62. The molecule has 0 aliphatic rings. The molecule has 0 radical (unpaired) electrons. The van der Waals surface area contributed by atoms with E-state index in [2.05, 4.69) is 0 Å². The third-order valence-electron chi connectivity index (χ3n) is 3.87. The second-order valence-electron chi connectivity index (χ2n) is 5.37. The Morgan fingerprint density at radius 1 is 0.667 bits per heavy atom. The molecular weight excluding hydrogens is 300 g/mol. The molecule has 24 heavy (non-hydrogen) atoms. The molecule has 3 aromatic carbocycles. The van der Waals surface area contributed by atoms with Gasteiger partial charge >= 0.3 is 0 Å². The smallest absolute Gasteiger partial charge is 0.193 e. The maximum Gasteiger partial charge on any atom is 0.193 e. The van der Waals surface area contributed by atoms with Crippen molar-refractivity contribution in [3.8, 4) is 22.6 Å². The molecule has 0 atom stereocenters. The standard InChI is InChI=1S/C21H18O3/c1-23-19-12-18(13-20(14-19)24-2)21(22)17-10-8-16(9-11-17)15-6-4-3-5-7-15/h3-14H,1-2H3. The summed E-state index contributed by atoms with van der Waals surface area (Å²) in [6, 6.07) is 22.9. The third kappa shape index (κ3) is 3.30. The Morgan fingerprint density at radius 2 is 1.21 bits per heavy atom. The number of methoxy groups -OCH3 is 2. The molecule has 0 amide bonds. The lowest BCUT2D eigenvalue weighted by molar-refractivity contribution is 0.103. The van der Waals surface area contributed by atoms with Crippen molar-refractivity contribution in [2.75, 3.05) is 14.2 Å². The van der Waals surface area contributed by atoms with Crippen LogP contribution in [0.2, 0.25) is 0 Å². The van der Waals surface area contributed by atoms with Crippen LogP contribution in [-0.2, 0) is 0 Å². The number of benzene rings is 3. The topological polar surface area (TPSA) is 35.5 Å². The second-order valence-corrected chi connectivity index (χ2v) is 5.37. The molecule has 0 saturated carbocycles. The third-order valence-corrected chi connectivity index (χ3v) is 3.87. The van der Waals surface area contributed by atoms with Gasteiger partial charge in [-0.25, -0.2) is 0 Å². The Labute approximate surface area is 141 Å². The van der Waals surface area contributed by atoms with Gasteiger partial charge in [-0.2, -0.15) is 0 Å². The summed E-state index contributed by atoms with van der Waals surface area (Å²) >= 11 is 0. The molecule has 0 fully saturated rings. The lowest BCUT2D eigenvalue weighted by atomic mass is 9.99. The maximum absolute atomic E-state index is 12.7. The molecular formula is C21H18O3. The summed E-state index contributed by atoms with van der Waals surface area (Å²) in [5.41, 5.74) is 3.37. The number of ether oxygens (including phenoxy) is 2. The van der Waals surface area contributed by atoms with Crippen LogP contribution in [0.1, 0.15) is 15.9 Å². The predicted octanol–water partition coefficient (Wildman–Crippen LogP) is 4.60. The van der Waals surface area contributed by atoms with Crippen molar-refractivity contribution >= 4 is 5.78 Å². The number of hydrogen-bond donors (Lipinski definition) is 0. The van der Waals surface area contributed by atoms with Crippen molar-refractivity contribution < 1.29 is 14.3 Å². The highest BCUT2D eigenvalue weighted by Gasteiger charge is 2.12. The SMILES string of the molecule is COc1cc(OC)cc(C(=O)c2ccc(-c3ccccc3)cc2)c1. The molecule has 0 aliphatic heterocycles. The van der Waals surface area contributed by atoms with Crippen molar-refractivity contribution in [3.05, 3.63) is 83.9 Å². The molecule has 0 aromatic heterocycles. The molecule has 0 heterocycles. The largest absolute Gasteiger partial charge is 0.497 e. The Balaban J connectivity index is 1.90. The van der Waals surface area contributed by atoms with Gasteiger partial charge in [0.25, 0.3) is 0 Å². The first-order chi connectivity index (χ1) is 11.7. The summed E-state index contributed by atoms with van der Waals surface area (Å²) in [7, 11) is 3.13. The summed E-state index contributed by atoms with van der Waals surface area (Å²) < 4.78 is 10.5. The van der Waals surface area contributed by atoms with Crippen molar-refractivity contribution in [3.63, 3.8) is 0 Å². The molecule has 0 bridgehead atoms. The van der Waals surface area contributed by atoms with E-state index < -0.39 is 0 Å². The molecule has 3 rings (SSSR count). The molecule has 3 heteroatoms. The van der Waals surface area contributed by atoms with Gasteiger partial charge in [-0.1, -0.05) is 54.6 Å². The van der Waals surface area contributed by atoms with Crippen molar-refractivity contribution in [2.24, 2.45) is 0 Å². The minimum Gasteiger partial charge on any atom is -0.497 e. The van der Waals surface area contributed by atoms with Crippen molar-refractivity contribution in [1.29, 1.82) is 0 Å². The van der Waals surface area contributed by atoms with E-state index in [1.54, 1.807) is 32.4 Å². The van der Waals surface area contributed by atoms with Gasteiger partial charge in [0.15, 0.2) is 5.78 Å². The number of hydrogen-bond acceptors (Lipinski definition) is 3. The van der Waals surface area contributed by atoms with E-state index in [1.165, 1.54) is 0 Å². The van der Waals surface area contributed by atoms with Crippen molar-refractivity contribution in [2.45, 2.75) is 0 Å². The van der Waals surface area contributed by atoms with E-state index in [4.69, 9.17) is 9.47 Å². The van der Waals surface area contributed by atoms with Crippen molar-refractivity contribution in [1.82, 2.24) is 0 Å². The molecule has 0 N–H and O–H groups in total. The van der Waals surface area contributed by atoms with E-state index in [1.807, 2.05) is 54.6 Å². The quantitative estimate of drug-likeness (QED) is 0.645. The number of ketones is 1. The van der Waals surface area contributed by atoms with Crippen LogP contribution in [0.3, 0.4) is 0 Å². The number of rotatable bonds is 5. The van der Waals surface area contributed by atoms with Gasteiger partial charge in [-0.15, -0.1) is 0 Å². The molecule has 3 nitrogen and oxygen atoms in total. The van der Waals surface area contributed by atoms with Crippen LogP contribution < -0.4 is 9.47 Å². The van der Waals surface area contributed by atoms with Gasteiger partial charge in [-0.3, -0.25) is 4.79 Å². The Bertz CT molecular complexity index is 814. The molecule has 0 aliphatic carbocycles. The maximum atomic E-state index is 12.7. The summed E-state index contributed by atoms with van der Waals surface area (Å²) in [5, 5.41) is 0. The van der Waals surface area contributed by atoms with Gasteiger partial charge in [0.05, 0.1) is 14.2 Å². The van der Waals surface area contributed by atoms with E-state index in [0.29, 0.717) is 22.6 Å². The fraction of sp³-hybridized carbons (Fsp3) is 0.0952. The summed E-state index contributed by atoms with van der Waals surface area (Å²) in [6.07, 6.45) is 0. The molecule has 0 saturated heterocycles. The van der Waals surface area contributed by atoms with E-state index in [9.17, 15) is 4.79 Å². The summed E-state index contributed by atoms with van der Waals surface area (Å²) in [6.45, 7) is 0. The zero-order chi connectivity index (χ0) is 16.9. The van der Waals surface area contributed by atoms with Gasteiger partial charge < -0.3 is 9.47 Å². The van der Waals surface area contributed by atoms with E-state index >= 15 is 0 Å². The van der Waals surface area contributed by atoms with Crippen LogP contribution in [0, 0.1) is 0 Å². The van der Waals surface area contributed by atoms with E-state index in [-0.39, 0.29) is 5.78 Å². The predicted molar refractivity (Wildman–Crippen MR) is 94.9 cm³/mol. The second kappa shape index (κ2) is 7.01. The van der Waals surface area contributed by atoms with Crippen LogP contribution in [0.25, 0.3) is 11.1 Å². The van der Waals surface area contributed by atoms with Gasteiger partial charge in [0.2, 0.25) is 0 Å². The molecule has 120 valence electrons. The van der Waals surface area contributed by atoms with Crippen LogP contribution in [0.5, 0.6) is 11.5 Å².